The highest BCUT2D eigenvalue weighted by atomic mass is 16.3. The number of aliphatic hydroxyl groups excluding tert-OH is 2. The van der Waals surface area contributed by atoms with Crippen LogP contribution in [0.5, 0.6) is 0 Å². The molecular formula is C11H16O3. The van der Waals surface area contributed by atoms with E-state index in [1.54, 1.807) is 6.08 Å². The lowest BCUT2D eigenvalue weighted by molar-refractivity contribution is -0.117. The van der Waals surface area contributed by atoms with E-state index in [4.69, 9.17) is 0 Å². The Bertz CT molecular complexity index is 287. The van der Waals surface area contributed by atoms with Crippen molar-refractivity contribution in [1.82, 2.24) is 0 Å². The fourth-order valence-electron chi connectivity index (χ4n) is 1.48. The molecule has 0 aromatic carbocycles. The maximum Gasteiger partial charge on any atom is 0.204 e. The first-order valence-corrected chi connectivity index (χ1v) is 5.01. The summed E-state index contributed by atoms with van der Waals surface area (Å²) in [6, 6.07) is 0. The Labute approximate surface area is 83.8 Å². The molecule has 78 valence electrons. The number of Topliss-reactive ketones (excluding diaryl/α,β-unsaturated/α-hetero) is 1. The highest BCUT2D eigenvalue weighted by molar-refractivity contribution is 5.96. The Hall–Kier alpha value is -1.25. The van der Waals surface area contributed by atoms with Gasteiger partial charge in [-0.05, 0) is 18.4 Å². The van der Waals surface area contributed by atoms with Gasteiger partial charge in [0.15, 0.2) is 5.76 Å². The number of rotatable bonds is 4. The molecule has 3 nitrogen and oxygen atoms in total. The van der Waals surface area contributed by atoms with Gasteiger partial charge in [0, 0.05) is 6.42 Å². The van der Waals surface area contributed by atoms with Crippen molar-refractivity contribution in [3.05, 3.63) is 23.2 Å². The summed E-state index contributed by atoms with van der Waals surface area (Å²) >= 11 is 0. The van der Waals surface area contributed by atoms with Gasteiger partial charge in [-0.3, -0.25) is 4.79 Å². The quantitative estimate of drug-likeness (QED) is 0.680. The van der Waals surface area contributed by atoms with Crippen LogP contribution in [0, 0.1) is 0 Å². The van der Waals surface area contributed by atoms with Crippen LogP contribution >= 0.6 is 0 Å². The van der Waals surface area contributed by atoms with E-state index in [0.717, 1.165) is 25.7 Å². The maximum atomic E-state index is 11.0. The number of hydrogen-bond donors (Lipinski definition) is 2. The SMILES string of the molecule is CCCCCC1=CCC(=O)C(O)=C1O. The highest BCUT2D eigenvalue weighted by Gasteiger charge is 2.20. The van der Waals surface area contributed by atoms with E-state index in [9.17, 15) is 15.0 Å². The molecule has 14 heavy (non-hydrogen) atoms. The summed E-state index contributed by atoms with van der Waals surface area (Å²) in [6.07, 6.45) is 5.83. The first-order chi connectivity index (χ1) is 6.66. The number of hydrogen-bond acceptors (Lipinski definition) is 3. The van der Waals surface area contributed by atoms with Crippen LogP contribution in [0.25, 0.3) is 0 Å². The van der Waals surface area contributed by atoms with Gasteiger partial charge in [-0.1, -0.05) is 25.8 Å². The van der Waals surface area contributed by atoms with E-state index in [1.165, 1.54) is 0 Å². The molecule has 1 rings (SSSR count). The first-order valence-electron chi connectivity index (χ1n) is 5.01. The summed E-state index contributed by atoms with van der Waals surface area (Å²) in [7, 11) is 0. The molecule has 0 heterocycles. The molecule has 2 N–H and O–H groups in total. The summed E-state index contributed by atoms with van der Waals surface area (Å²) in [5.41, 5.74) is 0.704. The van der Waals surface area contributed by atoms with Gasteiger partial charge in [-0.25, -0.2) is 0 Å². The lowest BCUT2D eigenvalue weighted by Gasteiger charge is -2.12. The molecular weight excluding hydrogens is 180 g/mol. The summed E-state index contributed by atoms with van der Waals surface area (Å²) in [5, 5.41) is 18.7. The normalized spacial score (nSPS) is 17.2. The number of unbranched alkanes of at least 4 members (excludes halogenated alkanes) is 2. The largest absolute Gasteiger partial charge is 0.504 e. The number of aliphatic hydroxyl groups is 2. The van der Waals surface area contributed by atoms with Crippen LogP contribution in [0.2, 0.25) is 0 Å². The van der Waals surface area contributed by atoms with Crippen molar-refractivity contribution < 1.29 is 15.0 Å². The van der Waals surface area contributed by atoms with Crippen LogP contribution in [-0.4, -0.2) is 16.0 Å². The third kappa shape index (κ3) is 2.37. The first kappa shape index (κ1) is 10.8. The molecule has 0 unspecified atom stereocenters. The van der Waals surface area contributed by atoms with E-state index in [2.05, 4.69) is 6.92 Å². The smallest absolute Gasteiger partial charge is 0.204 e. The Kier molecular flexibility index (Phi) is 3.74. The number of carbonyl (C=O) groups is 1. The van der Waals surface area contributed by atoms with Crippen molar-refractivity contribution in [3.63, 3.8) is 0 Å². The Balaban J connectivity index is 2.59. The zero-order valence-corrected chi connectivity index (χ0v) is 8.42. The van der Waals surface area contributed by atoms with Crippen LogP contribution in [0.3, 0.4) is 0 Å². The van der Waals surface area contributed by atoms with E-state index < -0.39 is 11.5 Å². The molecule has 0 aromatic heterocycles. The second-order valence-electron chi connectivity index (χ2n) is 3.51. The van der Waals surface area contributed by atoms with Crippen LogP contribution in [0.1, 0.15) is 39.0 Å². The molecule has 0 spiro atoms. The van der Waals surface area contributed by atoms with Gasteiger partial charge in [0.25, 0.3) is 0 Å². The average Bonchev–Trinajstić information content (AvgIpc) is 2.18. The molecule has 0 aliphatic heterocycles. The van der Waals surface area contributed by atoms with Crippen LogP contribution in [-0.2, 0) is 4.79 Å². The molecule has 0 fully saturated rings. The third-order valence-corrected chi connectivity index (χ3v) is 2.38. The molecule has 0 saturated carbocycles. The van der Waals surface area contributed by atoms with Crippen LogP contribution < -0.4 is 0 Å². The molecule has 0 aromatic rings. The van der Waals surface area contributed by atoms with Crippen molar-refractivity contribution in [2.45, 2.75) is 39.0 Å². The fourth-order valence-corrected chi connectivity index (χ4v) is 1.48. The Morgan fingerprint density at radius 3 is 2.64 bits per heavy atom. The second-order valence-corrected chi connectivity index (χ2v) is 3.51. The molecule has 0 amide bonds. The summed E-state index contributed by atoms with van der Waals surface area (Å²) in [4.78, 5) is 11.0. The lowest BCUT2D eigenvalue weighted by atomic mass is 9.97. The molecule has 0 radical (unpaired) electrons. The van der Waals surface area contributed by atoms with Gasteiger partial charge in [0.2, 0.25) is 11.5 Å². The molecule has 0 bridgehead atoms. The number of carbonyl (C=O) groups excluding carboxylic acids is 1. The van der Waals surface area contributed by atoms with Gasteiger partial charge in [0.05, 0.1) is 0 Å². The minimum absolute atomic E-state index is 0.206. The maximum absolute atomic E-state index is 11.0. The van der Waals surface area contributed by atoms with Gasteiger partial charge in [0.1, 0.15) is 0 Å². The minimum atomic E-state index is -0.473. The standard InChI is InChI=1S/C11H16O3/c1-2-3-4-5-8-6-7-9(12)11(14)10(8)13/h6,13-14H,2-5,7H2,1H3. The van der Waals surface area contributed by atoms with Gasteiger partial charge in [-0.15, -0.1) is 0 Å². The molecule has 0 atom stereocenters. The van der Waals surface area contributed by atoms with Crippen molar-refractivity contribution >= 4 is 5.78 Å². The summed E-state index contributed by atoms with van der Waals surface area (Å²) < 4.78 is 0. The average molecular weight is 196 g/mol. The van der Waals surface area contributed by atoms with Crippen LogP contribution in [0.15, 0.2) is 23.2 Å². The van der Waals surface area contributed by atoms with Gasteiger partial charge in [-0.2, -0.15) is 0 Å². The van der Waals surface area contributed by atoms with E-state index in [0.29, 0.717) is 5.57 Å². The highest BCUT2D eigenvalue weighted by Crippen LogP contribution is 2.23. The zero-order chi connectivity index (χ0) is 10.6. The number of allylic oxidation sites excluding steroid dienone is 3. The van der Waals surface area contributed by atoms with Crippen molar-refractivity contribution in [2.75, 3.05) is 0 Å². The molecule has 3 heteroatoms. The monoisotopic (exact) mass is 196 g/mol. The van der Waals surface area contributed by atoms with Crippen LogP contribution in [0.4, 0.5) is 0 Å². The zero-order valence-electron chi connectivity index (χ0n) is 8.42. The van der Waals surface area contributed by atoms with E-state index in [1.807, 2.05) is 0 Å². The predicted octanol–water partition coefficient (Wildman–Crippen LogP) is 2.79. The van der Waals surface area contributed by atoms with Gasteiger partial charge >= 0.3 is 0 Å². The number of ketones is 1. The third-order valence-electron chi connectivity index (χ3n) is 2.38. The molecule has 0 saturated heterocycles. The molecule has 1 aliphatic rings. The van der Waals surface area contributed by atoms with Crippen molar-refractivity contribution in [1.29, 1.82) is 0 Å². The van der Waals surface area contributed by atoms with E-state index >= 15 is 0 Å². The predicted molar refractivity (Wildman–Crippen MR) is 54.1 cm³/mol. The van der Waals surface area contributed by atoms with Crippen molar-refractivity contribution in [2.24, 2.45) is 0 Å². The second kappa shape index (κ2) is 4.84. The Morgan fingerprint density at radius 2 is 2.00 bits per heavy atom. The van der Waals surface area contributed by atoms with Gasteiger partial charge < -0.3 is 10.2 Å². The minimum Gasteiger partial charge on any atom is -0.504 e. The Morgan fingerprint density at radius 1 is 1.29 bits per heavy atom. The lowest BCUT2D eigenvalue weighted by Crippen LogP contribution is -2.11. The molecule has 1 aliphatic carbocycles. The fraction of sp³-hybridized carbons (Fsp3) is 0.545. The summed E-state index contributed by atoms with van der Waals surface area (Å²) in [5.74, 6) is -1.10. The van der Waals surface area contributed by atoms with Crippen molar-refractivity contribution in [3.8, 4) is 0 Å². The van der Waals surface area contributed by atoms with E-state index in [-0.39, 0.29) is 12.2 Å². The summed E-state index contributed by atoms with van der Waals surface area (Å²) in [6.45, 7) is 2.10. The topological polar surface area (TPSA) is 57.5 Å².